The molecule has 1 aliphatic heterocycles. The molecule has 1 aromatic carbocycles. The van der Waals surface area contributed by atoms with Crippen LogP contribution in [-0.4, -0.2) is 51.5 Å². The third-order valence-electron chi connectivity index (χ3n) is 6.14. The molecule has 8 nitrogen and oxygen atoms in total. The lowest BCUT2D eigenvalue weighted by molar-refractivity contribution is -0.128. The van der Waals surface area contributed by atoms with E-state index in [0.29, 0.717) is 13.0 Å². The lowest BCUT2D eigenvalue weighted by Gasteiger charge is -2.35. The number of carbonyl (C=O) groups is 2. The van der Waals surface area contributed by atoms with E-state index < -0.39 is 17.6 Å². The second-order valence-electron chi connectivity index (χ2n) is 10.1. The zero-order valence-electron chi connectivity index (χ0n) is 20.8. The lowest BCUT2D eigenvalue weighted by atomic mass is 9.97. The van der Waals surface area contributed by atoms with Gasteiger partial charge in [0, 0.05) is 6.54 Å². The van der Waals surface area contributed by atoms with Crippen LogP contribution in [0, 0.1) is 11.8 Å². The van der Waals surface area contributed by atoms with E-state index in [1.165, 1.54) is 10.2 Å². The number of hydrogen-bond donors (Lipinski definition) is 1. The van der Waals surface area contributed by atoms with Crippen molar-refractivity contribution in [2.45, 2.75) is 78.4 Å². The first-order valence-electron chi connectivity index (χ1n) is 12.4. The van der Waals surface area contributed by atoms with E-state index in [1.807, 2.05) is 45.9 Å². The van der Waals surface area contributed by atoms with Crippen LogP contribution in [0.15, 0.2) is 39.5 Å². The molecule has 34 heavy (non-hydrogen) atoms. The van der Waals surface area contributed by atoms with Gasteiger partial charge in [-0.25, -0.2) is 4.79 Å². The molecule has 1 fully saturated rings. The molecule has 1 saturated heterocycles. The molecule has 1 N–H and O–H groups in total. The fraction of sp³-hybridized carbons (Fsp3) is 0.615. The lowest BCUT2D eigenvalue weighted by Crippen LogP contribution is -2.54. The molecular weight excluding hydrogens is 432 g/mol. The average molecular weight is 471 g/mol. The minimum Gasteiger partial charge on any atom is -0.384 e. The van der Waals surface area contributed by atoms with Crippen molar-refractivity contribution in [3.8, 4) is 0 Å². The molecule has 0 aliphatic carbocycles. The van der Waals surface area contributed by atoms with Gasteiger partial charge in [0.05, 0.1) is 18.6 Å². The van der Waals surface area contributed by atoms with Gasteiger partial charge in [0.1, 0.15) is 0 Å². The molecule has 186 valence electrons. The van der Waals surface area contributed by atoms with Gasteiger partial charge < -0.3 is 9.73 Å². The number of nitrogens with one attached hydrogen (secondary N) is 1. The fourth-order valence-electron chi connectivity index (χ4n) is 4.46. The number of nitrogens with zero attached hydrogens (tertiary/aromatic N) is 3. The summed E-state index contributed by atoms with van der Waals surface area (Å²) in [5.74, 6) is -1.12. The van der Waals surface area contributed by atoms with E-state index in [9.17, 15) is 14.4 Å². The molecule has 0 spiro atoms. The molecular formula is C26H38N4O4. The number of ketones is 1. The Kier molecular flexibility index (Phi) is 9.21. The normalized spacial score (nSPS) is 17.8. The summed E-state index contributed by atoms with van der Waals surface area (Å²) in [5, 5.41) is 7.07. The predicted octanol–water partition coefficient (Wildman–Crippen LogP) is 3.30. The number of hydrogen-bond acceptors (Lipinski definition) is 6. The molecule has 2 atom stereocenters. The van der Waals surface area contributed by atoms with Crippen molar-refractivity contribution in [3.05, 3.63) is 52.3 Å². The van der Waals surface area contributed by atoms with Crippen molar-refractivity contribution in [3.63, 3.8) is 0 Å². The number of amides is 1. The standard InChI is InChI=1S/C26H38N4O4/c1-18(2)16-21(23(31)25-28-30(17-19(3)4)26(33)34-25)27-24(32)22-12-8-9-14-29(22)15-13-20-10-6-5-7-11-20/h5-7,10-11,18-19,21-22H,8-9,12-17H2,1-4H3,(H,27,32)/t21?,22-/m0/s1. The summed E-state index contributed by atoms with van der Waals surface area (Å²) in [6.45, 7) is 9.92. The van der Waals surface area contributed by atoms with E-state index in [-0.39, 0.29) is 29.7 Å². The summed E-state index contributed by atoms with van der Waals surface area (Å²) in [7, 11) is 0. The van der Waals surface area contributed by atoms with Gasteiger partial charge in [0.15, 0.2) is 0 Å². The summed E-state index contributed by atoms with van der Waals surface area (Å²) < 4.78 is 6.34. The summed E-state index contributed by atoms with van der Waals surface area (Å²) in [6.07, 6.45) is 4.13. The van der Waals surface area contributed by atoms with Crippen molar-refractivity contribution in [2.75, 3.05) is 13.1 Å². The van der Waals surface area contributed by atoms with Crippen molar-refractivity contribution in [2.24, 2.45) is 11.8 Å². The predicted molar refractivity (Wildman–Crippen MR) is 131 cm³/mol. The third-order valence-corrected chi connectivity index (χ3v) is 6.14. The van der Waals surface area contributed by atoms with Crippen molar-refractivity contribution >= 4 is 11.7 Å². The maximum absolute atomic E-state index is 13.3. The Balaban J connectivity index is 1.70. The van der Waals surface area contributed by atoms with Crippen LogP contribution in [0.2, 0.25) is 0 Å². The number of aromatic nitrogens is 2. The van der Waals surface area contributed by atoms with E-state index in [2.05, 4.69) is 27.4 Å². The Hall–Kier alpha value is -2.74. The maximum atomic E-state index is 13.3. The Morgan fingerprint density at radius 3 is 2.53 bits per heavy atom. The molecule has 0 bridgehead atoms. The van der Waals surface area contributed by atoms with Crippen LogP contribution >= 0.6 is 0 Å². The van der Waals surface area contributed by atoms with Gasteiger partial charge in [-0.05, 0) is 49.6 Å². The summed E-state index contributed by atoms with van der Waals surface area (Å²) in [6, 6.07) is 9.20. The highest BCUT2D eigenvalue weighted by molar-refractivity contribution is 5.99. The topological polar surface area (TPSA) is 97.4 Å². The minimum absolute atomic E-state index is 0.143. The molecule has 2 heterocycles. The highest BCUT2D eigenvalue weighted by Gasteiger charge is 2.33. The first kappa shape index (κ1) is 25.9. The Morgan fingerprint density at radius 1 is 1.12 bits per heavy atom. The molecule has 0 radical (unpaired) electrons. The monoisotopic (exact) mass is 470 g/mol. The van der Waals surface area contributed by atoms with Crippen LogP contribution in [0.5, 0.6) is 0 Å². The molecule has 2 aromatic rings. The van der Waals surface area contributed by atoms with Gasteiger partial charge in [0.2, 0.25) is 11.7 Å². The van der Waals surface area contributed by atoms with Gasteiger partial charge in [-0.1, -0.05) is 64.4 Å². The number of Topliss-reactive ketones (excluding diaryl/α,β-unsaturated/α-hetero) is 1. The SMILES string of the molecule is CC(C)CC(NC(=O)[C@@H]1CCCCN1CCc1ccccc1)C(=O)c1nn(CC(C)C)c(=O)o1. The summed E-state index contributed by atoms with van der Waals surface area (Å²) >= 11 is 0. The van der Waals surface area contributed by atoms with Crippen LogP contribution in [0.4, 0.5) is 0 Å². The van der Waals surface area contributed by atoms with Gasteiger partial charge >= 0.3 is 5.76 Å². The van der Waals surface area contributed by atoms with Gasteiger partial charge in [-0.2, -0.15) is 4.68 Å². The number of likely N-dealkylation sites (tertiary alicyclic amines) is 1. The molecule has 3 rings (SSSR count). The molecule has 0 saturated carbocycles. The molecule has 1 aromatic heterocycles. The van der Waals surface area contributed by atoms with Crippen LogP contribution in [0.1, 0.15) is 69.6 Å². The second kappa shape index (κ2) is 12.1. The van der Waals surface area contributed by atoms with Crippen LogP contribution in [0.25, 0.3) is 0 Å². The Morgan fingerprint density at radius 2 is 1.85 bits per heavy atom. The second-order valence-corrected chi connectivity index (χ2v) is 10.1. The zero-order chi connectivity index (χ0) is 24.7. The highest BCUT2D eigenvalue weighted by Crippen LogP contribution is 2.19. The summed E-state index contributed by atoms with van der Waals surface area (Å²) in [4.78, 5) is 40.9. The molecule has 1 unspecified atom stereocenters. The maximum Gasteiger partial charge on any atom is 0.437 e. The van der Waals surface area contributed by atoms with Crippen LogP contribution in [-0.2, 0) is 17.8 Å². The van der Waals surface area contributed by atoms with E-state index >= 15 is 0 Å². The number of carbonyl (C=O) groups excluding carboxylic acids is 2. The Labute approximate surface area is 201 Å². The molecule has 1 amide bonds. The van der Waals surface area contributed by atoms with Crippen molar-refractivity contribution < 1.29 is 14.0 Å². The third kappa shape index (κ3) is 7.13. The highest BCUT2D eigenvalue weighted by atomic mass is 16.4. The van der Waals surface area contributed by atoms with Crippen LogP contribution in [0.3, 0.4) is 0 Å². The van der Waals surface area contributed by atoms with Gasteiger partial charge in [-0.15, -0.1) is 5.10 Å². The number of rotatable bonds is 11. The Bertz CT molecular complexity index is 996. The first-order valence-corrected chi connectivity index (χ1v) is 12.4. The van der Waals surface area contributed by atoms with Gasteiger partial charge in [0.25, 0.3) is 5.89 Å². The van der Waals surface area contributed by atoms with E-state index in [4.69, 9.17) is 4.42 Å². The van der Waals surface area contributed by atoms with Crippen molar-refractivity contribution in [1.82, 2.24) is 20.0 Å². The minimum atomic E-state index is -0.782. The van der Waals surface area contributed by atoms with Crippen LogP contribution < -0.4 is 11.1 Å². The van der Waals surface area contributed by atoms with Gasteiger partial charge in [-0.3, -0.25) is 14.5 Å². The quantitative estimate of drug-likeness (QED) is 0.506. The fourth-order valence-corrected chi connectivity index (χ4v) is 4.46. The van der Waals surface area contributed by atoms with Crippen molar-refractivity contribution in [1.29, 1.82) is 0 Å². The largest absolute Gasteiger partial charge is 0.437 e. The van der Waals surface area contributed by atoms with E-state index in [0.717, 1.165) is 38.8 Å². The van der Waals surface area contributed by atoms with E-state index in [1.54, 1.807) is 0 Å². The number of benzene rings is 1. The zero-order valence-corrected chi connectivity index (χ0v) is 20.8. The molecule has 8 heteroatoms. The molecule has 1 aliphatic rings. The first-order chi connectivity index (χ1) is 16.2. The summed E-state index contributed by atoms with van der Waals surface area (Å²) in [5.41, 5.74) is 1.24. The number of piperidine rings is 1. The average Bonchev–Trinajstić information content (AvgIpc) is 3.16. The smallest absolute Gasteiger partial charge is 0.384 e.